The Hall–Kier alpha value is -1.46. The maximum absolute atomic E-state index is 12.2. The molecule has 2 unspecified atom stereocenters. The van der Waals surface area contributed by atoms with Gasteiger partial charge in [-0.05, 0) is 39.5 Å². The van der Waals surface area contributed by atoms with Crippen molar-refractivity contribution in [2.45, 2.75) is 96.9 Å². The molecular formula is C23H38O5. The first-order valence-electron chi connectivity index (χ1n) is 10.8. The monoisotopic (exact) mass is 394 g/mol. The summed E-state index contributed by atoms with van der Waals surface area (Å²) in [4.78, 5) is 23.7. The van der Waals surface area contributed by atoms with Crippen LogP contribution in [-0.2, 0) is 14.3 Å². The van der Waals surface area contributed by atoms with E-state index in [0.717, 1.165) is 32.1 Å². The number of aliphatic hydroxyl groups excluding tert-OH is 2. The number of carbonyl (C=O) groups excluding carboxylic acids is 2. The Balaban J connectivity index is 2.42. The van der Waals surface area contributed by atoms with Crippen LogP contribution in [0.3, 0.4) is 0 Å². The highest BCUT2D eigenvalue weighted by atomic mass is 16.5. The molecule has 0 bridgehead atoms. The van der Waals surface area contributed by atoms with Crippen molar-refractivity contribution in [2.75, 3.05) is 0 Å². The molecule has 0 saturated heterocycles. The van der Waals surface area contributed by atoms with E-state index in [1.54, 1.807) is 6.08 Å². The molecule has 0 spiro atoms. The topological polar surface area (TPSA) is 83.8 Å². The van der Waals surface area contributed by atoms with Gasteiger partial charge in [-0.1, -0.05) is 50.5 Å². The third-order valence-electron chi connectivity index (χ3n) is 5.07. The van der Waals surface area contributed by atoms with Crippen LogP contribution in [0.2, 0.25) is 0 Å². The summed E-state index contributed by atoms with van der Waals surface area (Å²) in [5.74, 6) is -0.580. The van der Waals surface area contributed by atoms with E-state index in [1.807, 2.05) is 32.1 Å². The Labute approximate surface area is 169 Å². The summed E-state index contributed by atoms with van der Waals surface area (Å²) in [6.45, 7) is 5.79. The van der Waals surface area contributed by atoms with Gasteiger partial charge >= 0.3 is 5.97 Å². The van der Waals surface area contributed by atoms with Crippen molar-refractivity contribution in [2.24, 2.45) is 11.8 Å². The number of rotatable bonds is 13. The molecule has 0 aromatic heterocycles. The minimum atomic E-state index is -0.671. The average Bonchev–Trinajstić information content (AvgIpc) is 2.88. The Kier molecular flexibility index (Phi) is 12.0. The molecule has 0 amide bonds. The van der Waals surface area contributed by atoms with Gasteiger partial charge in [0.05, 0.1) is 18.3 Å². The number of hydrogen-bond donors (Lipinski definition) is 2. The lowest BCUT2D eigenvalue weighted by molar-refractivity contribution is -0.147. The minimum Gasteiger partial charge on any atom is -0.463 e. The highest BCUT2D eigenvalue weighted by molar-refractivity contribution is 5.84. The second-order valence-electron chi connectivity index (χ2n) is 8.01. The Morgan fingerprint density at radius 3 is 2.68 bits per heavy atom. The van der Waals surface area contributed by atoms with Gasteiger partial charge in [-0.3, -0.25) is 9.59 Å². The SMILES string of the molecule is CCCCCC(O)C=C[C@H]1C(O)CC(=O)[C@H]1CC=CCCCC(=O)OC(C)C. The largest absolute Gasteiger partial charge is 0.463 e. The Morgan fingerprint density at radius 2 is 2.00 bits per heavy atom. The average molecular weight is 395 g/mol. The van der Waals surface area contributed by atoms with E-state index in [4.69, 9.17) is 4.74 Å². The summed E-state index contributed by atoms with van der Waals surface area (Å²) in [7, 11) is 0. The number of aliphatic hydroxyl groups is 2. The van der Waals surface area contributed by atoms with Crippen LogP contribution in [0.15, 0.2) is 24.3 Å². The number of unbranched alkanes of at least 4 members (excludes halogenated alkanes) is 3. The molecule has 28 heavy (non-hydrogen) atoms. The van der Waals surface area contributed by atoms with Crippen LogP contribution < -0.4 is 0 Å². The quantitative estimate of drug-likeness (QED) is 0.279. The van der Waals surface area contributed by atoms with Crippen LogP contribution in [0.25, 0.3) is 0 Å². The molecule has 1 saturated carbocycles. The van der Waals surface area contributed by atoms with Gasteiger partial charge in [-0.15, -0.1) is 0 Å². The van der Waals surface area contributed by atoms with Gasteiger partial charge in [-0.25, -0.2) is 0 Å². The molecule has 1 aliphatic rings. The van der Waals surface area contributed by atoms with Crippen molar-refractivity contribution in [3.05, 3.63) is 24.3 Å². The molecule has 4 atom stereocenters. The van der Waals surface area contributed by atoms with Crippen LogP contribution in [0.4, 0.5) is 0 Å². The van der Waals surface area contributed by atoms with Crippen molar-refractivity contribution in [3.63, 3.8) is 0 Å². The Morgan fingerprint density at radius 1 is 1.25 bits per heavy atom. The Bertz CT molecular complexity index is 523. The highest BCUT2D eigenvalue weighted by Gasteiger charge is 2.39. The molecule has 5 heteroatoms. The number of ether oxygens (including phenoxy) is 1. The summed E-state index contributed by atoms with van der Waals surface area (Å²) < 4.78 is 5.09. The smallest absolute Gasteiger partial charge is 0.306 e. The zero-order valence-corrected chi connectivity index (χ0v) is 17.7. The zero-order valence-electron chi connectivity index (χ0n) is 17.7. The van der Waals surface area contributed by atoms with Crippen molar-refractivity contribution < 1.29 is 24.5 Å². The number of hydrogen-bond acceptors (Lipinski definition) is 5. The molecule has 0 radical (unpaired) electrons. The van der Waals surface area contributed by atoms with Crippen LogP contribution in [0.5, 0.6) is 0 Å². The molecule has 1 rings (SSSR count). The molecule has 0 aliphatic heterocycles. The summed E-state index contributed by atoms with van der Waals surface area (Å²) in [6.07, 6.45) is 12.8. The van der Waals surface area contributed by atoms with Crippen LogP contribution in [-0.4, -0.2) is 40.3 Å². The number of Topliss-reactive ketones (excluding diaryl/α,β-unsaturated/α-hetero) is 1. The predicted molar refractivity (Wildman–Crippen MR) is 111 cm³/mol. The summed E-state index contributed by atoms with van der Waals surface area (Å²) in [6, 6.07) is 0. The lowest BCUT2D eigenvalue weighted by atomic mass is 9.90. The third kappa shape index (κ3) is 9.65. The first-order valence-corrected chi connectivity index (χ1v) is 10.8. The number of allylic oxidation sites excluding steroid dienone is 2. The number of carbonyl (C=O) groups is 2. The van der Waals surface area contributed by atoms with Gasteiger partial charge < -0.3 is 14.9 Å². The van der Waals surface area contributed by atoms with E-state index in [2.05, 4.69) is 6.92 Å². The number of esters is 1. The van der Waals surface area contributed by atoms with E-state index in [9.17, 15) is 19.8 Å². The van der Waals surface area contributed by atoms with Gasteiger partial charge in [0.15, 0.2) is 0 Å². The fraction of sp³-hybridized carbons (Fsp3) is 0.739. The lowest BCUT2D eigenvalue weighted by Crippen LogP contribution is -2.18. The molecule has 2 N–H and O–H groups in total. The van der Waals surface area contributed by atoms with E-state index >= 15 is 0 Å². The van der Waals surface area contributed by atoms with E-state index < -0.39 is 12.2 Å². The molecule has 1 fully saturated rings. The van der Waals surface area contributed by atoms with Gasteiger partial charge in [-0.2, -0.15) is 0 Å². The normalized spacial score (nSPS) is 23.9. The molecule has 160 valence electrons. The molecule has 1 aliphatic carbocycles. The summed E-state index contributed by atoms with van der Waals surface area (Å²) in [5, 5.41) is 20.2. The minimum absolute atomic E-state index is 0.0767. The molecule has 0 aromatic carbocycles. The van der Waals surface area contributed by atoms with Crippen molar-refractivity contribution in [1.82, 2.24) is 0 Å². The third-order valence-corrected chi connectivity index (χ3v) is 5.07. The lowest BCUT2D eigenvalue weighted by Gasteiger charge is -2.16. The van der Waals surface area contributed by atoms with Crippen molar-refractivity contribution in [3.8, 4) is 0 Å². The summed E-state index contributed by atoms with van der Waals surface area (Å²) in [5.41, 5.74) is 0. The number of ketones is 1. The second kappa shape index (κ2) is 13.7. The van der Waals surface area contributed by atoms with E-state index in [0.29, 0.717) is 19.3 Å². The van der Waals surface area contributed by atoms with Crippen molar-refractivity contribution in [1.29, 1.82) is 0 Å². The first kappa shape index (κ1) is 24.6. The molecular weight excluding hydrogens is 356 g/mol. The highest BCUT2D eigenvalue weighted by Crippen LogP contribution is 2.33. The van der Waals surface area contributed by atoms with Gasteiger partial charge in [0.2, 0.25) is 0 Å². The molecule has 5 nitrogen and oxygen atoms in total. The van der Waals surface area contributed by atoms with E-state index in [-0.39, 0.29) is 36.1 Å². The fourth-order valence-electron chi connectivity index (χ4n) is 3.53. The standard InChI is InChI=1S/C23H38O5/c1-4-5-8-11-18(24)14-15-20-19(21(25)16-22(20)26)12-9-6-7-10-13-23(27)28-17(2)3/h6,9,14-15,17-20,22,24,26H,4-5,7-8,10-13,16H2,1-3H3/t18?,19-,20+,22?/m0/s1. The fourth-order valence-corrected chi connectivity index (χ4v) is 3.53. The second-order valence-corrected chi connectivity index (χ2v) is 8.01. The zero-order chi connectivity index (χ0) is 20.9. The van der Waals surface area contributed by atoms with Crippen LogP contribution in [0, 0.1) is 11.8 Å². The summed E-state index contributed by atoms with van der Waals surface area (Å²) >= 11 is 0. The predicted octanol–water partition coefficient (Wildman–Crippen LogP) is 4.12. The molecule has 0 heterocycles. The van der Waals surface area contributed by atoms with Gasteiger partial charge in [0.1, 0.15) is 5.78 Å². The van der Waals surface area contributed by atoms with Crippen LogP contribution >= 0.6 is 0 Å². The van der Waals surface area contributed by atoms with Crippen LogP contribution in [0.1, 0.15) is 78.6 Å². The van der Waals surface area contributed by atoms with Crippen molar-refractivity contribution >= 4 is 11.8 Å². The van der Waals surface area contributed by atoms with Gasteiger partial charge in [0.25, 0.3) is 0 Å². The first-order chi connectivity index (χ1) is 13.3. The maximum Gasteiger partial charge on any atom is 0.306 e. The molecule has 0 aromatic rings. The van der Waals surface area contributed by atoms with E-state index in [1.165, 1.54) is 0 Å². The van der Waals surface area contributed by atoms with Gasteiger partial charge in [0, 0.05) is 24.7 Å². The maximum atomic E-state index is 12.2.